The predicted octanol–water partition coefficient (Wildman–Crippen LogP) is -0.101. The molecule has 0 aromatic heterocycles. The Morgan fingerprint density at radius 3 is 2.36 bits per heavy atom. The summed E-state index contributed by atoms with van der Waals surface area (Å²) in [7, 11) is -0.905. The molecule has 0 radical (unpaired) electrons. The van der Waals surface area contributed by atoms with Crippen molar-refractivity contribution in [2.24, 2.45) is 11.5 Å². The Bertz CT molecular complexity index is 207. The van der Waals surface area contributed by atoms with E-state index in [2.05, 4.69) is 4.76 Å². The lowest BCUT2D eigenvalue weighted by Gasteiger charge is -2.06. The first-order chi connectivity index (χ1) is 5.33. The van der Waals surface area contributed by atoms with Crippen molar-refractivity contribution in [2.75, 3.05) is 0 Å². The summed E-state index contributed by atoms with van der Waals surface area (Å²) in [4.78, 5) is 0. The third-order valence-electron chi connectivity index (χ3n) is 1.13. The number of hydrogen-bond acceptors (Lipinski definition) is 4. The quantitative estimate of drug-likeness (QED) is 0.468. The van der Waals surface area contributed by atoms with Crippen LogP contribution in [0.25, 0.3) is 0 Å². The van der Waals surface area contributed by atoms with Crippen molar-refractivity contribution in [1.29, 1.82) is 0 Å². The van der Waals surface area contributed by atoms with Crippen molar-refractivity contribution in [3.05, 3.63) is 30.3 Å². The first kappa shape index (κ1) is 8.07. The van der Waals surface area contributed by atoms with Crippen LogP contribution in [0.3, 0.4) is 0 Å². The monoisotopic (exact) mass is 152 g/mol. The SMILES string of the molecule is NOB(N)Oc1ccccc1. The van der Waals surface area contributed by atoms with Gasteiger partial charge in [0.1, 0.15) is 5.75 Å². The van der Waals surface area contributed by atoms with E-state index in [0.717, 1.165) is 0 Å². The van der Waals surface area contributed by atoms with Gasteiger partial charge in [-0.2, -0.15) is 0 Å². The Kier molecular flexibility index (Phi) is 2.91. The van der Waals surface area contributed by atoms with E-state index < -0.39 is 7.25 Å². The zero-order valence-corrected chi connectivity index (χ0v) is 5.94. The van der Waals surface area contributed by atoms with Gasteiger partial charge in [-0.1, -0.05) is 18.2 Å². The van der Waals surface area contributed by atoms with E-state index in [0.29, 0.717) is 5.75 Å². The van der Waals surface area contributed by atoms with Crippen LogP contribution in [0.5, 0.6) is 5.75 Å². The lowest BCUT2D eigenvalue weighted by Crippen LogP contribution is -2.39. The van der Waals surface area contributed by atoms with Gasteiger partial charge in [0.2, 0.25) is 0 Å². The maximum absolute atomic E-state index is 5.24. The Morgan fingerprint density at radius 1 is 1.18 bits per heavy atom. The molecule has 0 heterocycles. The highest BCUT2D eigenvalue weighted by Crippen LogP contribution is 2.07. The number of para-hydroxylation sites is 1. The summed E-state index contributed by atoms with van der Waals surface area (Å²) < 4.78 is 9.20. The minimum atomic E-state index is -0.905. The predicted molar refractivity (Wildman–Crippen MR) is 42.3 cm³/mol. The summed E-state index contributed by atoms with van der Waals surface area (Å²) >= 11 is 0. The zero-order chi connectivity index (χ0) is 8.10. The number of rotatable bonds is 3. The summed E-state index contributed by atoms with van der Waals surface area (Å²) in [5.74, 6) is 5.40. The molecular formula is C6H9BN2O2. The molecule has 58 valence electrons. The number of hydrogen-bond donors (Lipinski definition) is 2. The Balaban J connectivity index is 2.51. The first-order valence-corrected chi connectivity index (χ1v) is 3.16. The van der Waals surface area contributed by atoms with Gasteiger partial charge in [0.15, 0.2) is 0 Å². The molecule has 0 atom stereocenters. The molecule has 1 aromatic carbocycles. The van der Waals surface area contributed by atoms with Crippen LogP contribution < -0.4 is 16.2 Å². The van der Waals surface area contributed by atoms with Crippen molar-refractivity contribution >= 4 is 7.25 Å². The molecule has 0 aliphatic rings. The van der Waals surface area contributed by atoms with Crippen LogP contribution >= 0.6 is 0 Å². The van der Waals surface area contributed by atoms with Crippen LogP contribution in [-0.2, 0) is 4.76 Å². The van der Waals surface area contributed by atoms with Crippen molar-refractivity contribution < 1.29 is 9.41 Å². The molecule has 0 bridgehead atoms. The van der Waals surface area contributed by atoms with Gasteiger partial charge < -0.3 is 15.1 Å². The second-order valence-corrected chi connectivity index (χ2v) is 1.94. The molecule has 5 heteroatoms. The van der Waals surface area contributed by atoms with Crippen LogP contribution in [-0.4, -0.2) is 7.25 Å². The molecule has 0 aliphatic carbocycles. The fraction of sp³-hybridized carbons (Fsp3) is 0. The number of nitrogens with two attached hydrogens (primary N) is 2. The fourth-order valence-electron chi connectivity index (χ4n) is 0.661. The summed E-state index contributed by atoms with van der Waals surface area (Å²) in [6, 6.07) is 9.07. The van der Waals surface area contributed by atoms with Crippen LogP contribution in [0.15, 0.2) is 30.3 Å². The van der Waals surface area contributed by atoms with Gasteiger partial charge in [0.05, 0.1) is 0 Å². The van der Waals surface area contributed by atoms with Gasteiger partial charge in [-0.15, -0.1) is 0 Å². The molecule has 4 N–H and O–H groups in total. The molecule has 1 aromatic rings. The van der Waals surface area contributed by atoms with E-state index >= 15 is 0 Å². The molecule has 0 fully saturated rings. The second-order valence-electron chi connectivity index (χ2n) is 1.94. The molecule has 0 unspecified atom stereocenters. The molecule has 0 aliphatic heterocycles. The van der Waals surface area contributed by atoms with Crippen LogP contribution in [0, 0.1) is 0 Å². The topological polar surface area (TPSA) is 70.5 Å². The van der Waals surface area contributed by atoms with Gasteiger partial charge in [-0.25, -0.2) is 5.90 Å². The molecule has 4 nitrogen and oxygen atoms in total. The standard InChI is InChI=1S/C6H9BN2O2/c8-7(11-9)10-6-4-2-1-3-5-6/h1-5H,8-9H2. The normalized spacial score (nSPS) is 9.27. The van der Waals surface area contributed by atoms with Crippen LogP contribution in [0.1, 0.15) is 0 Å². The Morgan fingerprint density at radius 2 is 1.82 bits per heavy atom. The largest absolute Gasteiger partial charge is 0.640 e. The van der Waals surface area contributed by atoms with E-state index in [4.69, 9.17) is 16.2 Å². The van der Waals surface area contributed by atoms with E-state index in [9.17, 15) is 0 Å². The third-order valence-corrected chi connectivity index (χ3v) is 1.13. The highest BCUT2D eigenvalue weighted by Gasteiger charge is 2.11. The smallest absolute Gasteiger partial charge is 0.522 e. The second kappa shape index (κ2) is 3.97. The van der Waals surface area contributed by atoms with E-state index in [-0.39, 0.29) is 0 Å². The summed E-state index contributed by atoms with van der Waals surface area (Å²) in [6.45, 7) is 0. The summed E-state index contributed by atoms with van der Waals surface area (Å²) in [6.07, 6.45) is 0. The van der Waals surface area contributed by atoms with Crippen molar-refractivity contribution in [3.8, 4) is 5.75 Å². The first-order valence-electron chi connectivity index (χ1n) is 3.16. The lowest BCUT2D eigenvalue weighted by molar-refractivity contribution is 0.276. The molecule has 0 saturated heterocycles. The lowest BCUT2D eigenvalue weighted by atomic mass is 10.2. The van der Waals surface area contributed by atoms with Gasteiger partial charge in [-0.05, 0) is 12.1 Å². The van der Waals surface area contributed by atoms with Gasteiger partial charge in [0, 0.05) is 0 Å². The average molecular weight is 152 g/mol. The van der Waals surface area contributed by atoms with E-state index in [1.807, 2.05) is 18.2 Å². The third kappa shape index (κ3) is 2.59. The van der Waals surface area contributed by atoms with Crippen molar-refractivity contribution in [1.82, 2.24) is 0 Å². The van der Waals surface area contributed by atoms with E-state index in [1.54, 1.807) is 12.1 Å². The maximum atomic E-state index is 5.24. The summed E-state index contributed by atoms with van der Waals surface area (Å²) in [5, 5.41) is 0. The maximum Gasteiger partial charge on any atom is 0.640 e. The summed E-state index contributed by atoms with van der Waals surface area (Å²) in [5.41, 5.74) is 5.24. The molecule has 1 rings (SSSR count). The fourth-order valence-corrected chi connectivity index (χ4v) is 0.661. The number of benzene rings is 1. The minimum absolute atomic E-state index is 0.630. The van der Waals surface area contributed by atoms with Gasteiger partial charge in [0.25, 0.3) is 0 Å². The zero-order valence-electron chi connectivity index (χ0n) is 5.94. The molecule has 11 heavy (non-hydrogen) atoms. The van der Waals surface area contributed by atoms with Crippen molar-refractivity contribution in [2.45, 2.75) is 0 Å². The highest BCUT2D eigenvalue weighted by molar-refractivity contribution is 6.40. The van der Waals surface area contributed by atoms with Crippen molar-refractivity contribution in [3.63, 3.8) is 0 Å². The Hall–Kier alpha value is -1.04. The van der Waals surface area contributed by atoms with E-state index in [1.165, 1.54) is 0 Å². The molecular weight excluding hydrogens is 143 g/mol. The minimum Gasteiger partial charge on any atom is -0.522 e. The molecule has 0 spiro atoms. The van der Waals surface area contributed by atoms with Gasteiger partial charge >= 0.3 is 7.25 Å². The van der Waals surface area contributed by atoms with Crippen LogP contribution in [0.4, 0.5) is 0 Å². The molecule has 0 saturated carbocycles. The molecule has 0 amide bonds. The Labute approximate surface area is 65.2 Å². The van der Waals surface area contributed by atoms with Gasteiger partial charge in [-0.3, -0.25) is 0 Å². The van der Waals surface area contributed by atoms with Crippen LogP contribution in [0.2, 0.25) is 0 Å². The average Bonchev–Trinajstić information content (AvgIpc) is 2.06. The highest BCUT2D eigenvalue weighted by atomic mass is 16.7.